The summed E-state index contributed by atoms with van der Waals surface area (Å²) in [7, 11) is 1.57. The normalized spacial score (nSPS) is 10.3. The molecule has 0 aromatic heterocycles. The number of hydrogen-bond donors (Lipinski definition) is 1. The maximum atomic E-state index is 13.7. The molecule has 1 N–H and O–H groups in total. The van der Waals surface area contributed by atoms with Crippen molar-refractivity contribution in [1.29, 1.82) is 0 Å². The molecule has 0 radical (unpaired) electrons. The molecule has 0 heterocycles. The number of methoxy groups -OCH3 is 1. The summed E-state index contributed by atoms with van der Waals surface area (Å²) in [6.45, 7) is 4.70. The highest BCUT2D eigenvalue weighted by atomic mass is 19.1. The Labute approximate surface area is 113 Å². The van der Waals surface area contributed by atoms with Crippen molar-refractivity contribution in [2.75, 3.05) is 12.4 Å². The van der Waals surface area contributed by atoms with Crippen LogP contribution in [0.2, 0.25) is 0 Å². The zero-order valence-electron chi connectivity index (χ0n) is 11.5. The summed E-state index contributed by atoms with van der Waals surface area (Å²) in [5.74, 6) is 0.371. The first-order valence-electron chi connectivity index (χ1n) is 6.23. The molecule has 2 aromatic rings. The van der Waals surface area contributed by atoms with Gasteiger partial charge in [0.05, 0.1) is 12.8 Å². The van der Waals surface area contributed by atoms with E-state index in [0.29, 0.717) is 18.0 Å². The molecule has 0 aliphatic carbocycles. The van der Waals surface area contributed by atoms with Crippen LogP contribution in [-0.2, 0) is 6.54 Å². The average molecular weight is 259 g/mol. The molecule has 0 saturated carbocycles. The second-order valence-corrected chi connectivity index (χ2v) is 4.63. The van der Waals surface area contributed by atoms with Gasteiger partial charge >= 0.3 is 0 Å². The number of aryl methyl sites for hydroxylation is 2. The lowest BCUT2D eigenvalue weighted by atomic mass is 10.1. The van der Waals surface area contributed by atoms with Gasteiger partial charge in [0, 0.05) is 12.6 Å². The van der Waals surface area contributed by atoms with Gasteiger partial charge in [0.25, 0.3) is 0 Å². The Morgan fingerprint density at radius 2 is 1.89 bits per heavy atom. The Hall–Kier alpha value is -2.03. The van der Waals surface area contributed by atoms with Crippen LogP contribution in [-0.4, -0.2) is 7.11 Å². The molecule has 2 rings (SSSR count). The van der Waals surface area contributed by atoms with Crippen LogP contribution >= 0.6 is 0 Å². The maximum Gasteiger partial charge on any atom is 0.146 e. The van der Waals surface area contributed by atoms with E-state index in [1.54, 1.807) is 19.2 Å². The zero-order valence-corrected chi connectivity index (χ0v) is 11.5. The molecule has 0 unspecified atom stereocenters. The third kappa shape index (κ3) is 3.25. The minimum atomic E-state index is -0.272. The molecule has 0 saturated heterocycles. The first-order valence-corrected chi connectivity index (χ1v) is 6.23. The monoisotopic (exact) mass is 259 g/mol. The molecule has 0 aliphatic rings. The molecule has 2 aromatic carbocycles. The summed E-state index contributed by atoms with van der Waals surface area (Å²) < 4.78 is 18.8. The fourth-order valence-corrected chi connectivity index (χ4v) is 1.95. The number of benzene rings is 2. The van der Waals surface area contributed by atoms with Crippen LogP contribution in [0.15, 0.2) is 36.4 Å². The highest BCUT2D eigenvalue weighted by molar-refractivity contribution is 5.50. The fourth-order valence-electron chi connectivity index (χ4n) is 1.95. The van der Waals surface area contributed by atoms with Crippen LogP contribution in [0.1, 0.15) is 16.7 Å². The van der Waals surface area contributed by atoms with E-state index in [9.17, 15) is 4.39 Å². The molecule has 0 spiro atoms. The Kier molecular flexibility index (Phi) is 4.05. The van der Waals surface area contributed by atoms with Gasteiger partial charge in [0.1, 0.15) is 11.6 Å². The molecular weight excluding hydrogens is 241 g/mol. The summed E-state index contributed by atoms with van der Waals surface area (Å²) >= 11 is 0. The van der Waals surface area contributed by atoms with Crippen molar-refractivity contribution >= 4 is 5.69 Å². The summed E-state index contributed by atoms with van der Waals surface area (Å²) in [6.07, 6.45) is 0. The van der Waals surface area contributed by atoms with E-state index in [-0.39, 0.29) is 5.82 Å². The van der Waals surface area contributed by atoms with Crippen LogP contribution in [0.25, 0.3) is 0 Å². The topological polar surface area (TPSA) is 21.3 Å². The lowest BCUT2D eigenvalue weighted by molar-refractivity contribution is 0.414. The lowest BCUT2D eigenvalue weighted by Crippen LogP contribution is -2.03. The maximum absolute atomic E-state index is 13.7. The van der Waals surface area contributed by atoms with E-state index >= 15 is 0 Å². The van der Waals surface area contributed by atoms with E-state index < -0.39 is 0 Å². The van der Waals surface area contributed by atoms with Gasteiger partial charge in [-0.3, -0.25) is 0 Å². The van der Waals surface area contributed by atoms with E-state index in [4.69, 9.17) is 4.74 Å². The van der Waals surface area contributed by atoms with Gasteiger partial charge in [-0.2, -0.15) is 0 Å². The predicted octanol–water partition coefficient (Wildman–Crippen LogP) is 4.06. The number of nitrogens with one attached hydrogen (secondary N) is 1. The summed E-state index contributed by atoms with van der Waals surface area (Å²) in [5.41, 5.74) is 4.03. The summed E-state index contributed by atoms with van der Waals surface area (Å²) in [4.78, 5) is 0. The Morgan fingerprint density at radius 3 is 2.63 bits per heavy atom. The van der Waals surface area contributed by atoms with Crippen molar-refractivity contribution in [3.63, 3.8) is 0 Å². The predicted molar refractivity (Wildman–Crippen MR) is 76.2 cm³/mol. The molecule has 0 bridgehead atoms. The molecule has 0 amide bonds. The summed E-state index contributed by atoms with van der Waals surface area (Å²) in [5, 5.41) is 3.12. The van der Waals surface area contributed by atoms with Crippen LogP contribution in [0, 0.1) is 19.7 Å². The number of hydrogen-bond acceptors (Lipinski definition) is 2. The molecular formula is C16H18FNO. The Bertz CT molecular complexity index is 581. The van der Waals surface area contributed by atoms with Gasteiger partial charge in [0.15, 0.2) is 0 Å². The van der Waals surface area contributed by atoms with Gasteiger partial charge in [-0.1, -0.05) is 23.8 Å². The molecule has 100 valence electrons. The molecule has 3 heteroatoms. The highest BCUT2D eigenvalue weighted by Gasteiger charge is 2.05. The molecule has 19 heavy (non-hydrogen) atoms. The van der Waals surface area contributed by atoms with Crippen molar-refractivity contribution in [3.8, 4) is 5.75 Å². The number of halogens is 1. The van der Waals surface area contributed by atoms with Crippen molar-refractivity contribution in [2.45, 2.75) is 20.4 Å². The standard InChI is InChI=1S/C16H18FNO/c1-11-4-5-12(2)13(8-11)10-18-16-9-14(19-3)6-7-15(16)17/h4-9,18H,10H2,1-3H3. The van der Waals surface area contributed by atoms with Gasteiger partial charge in [-0.25, -0.2) is 4.39 Å². The Balaban J connectivity index is 2.16. The first kappa shape index (κ1) is 13.4. The number of anilines is 1. The SMILES string of the molecule is COc1ccc(F)c(NCc2cc(C)ccc2C)c1. The smallest absolute Gasteiger partial charge is 0.146 e. The Morgan fingerprint density at radius 1 is 1.11 bits per heavy atom. The van der Waals surface area contributed by atoms with E-state index in [2.05, 4.69) is 37.4 Å². The quantitative estimate of drug-likeness (QED) is 0.894. The van der Waals surface area contributed by atoms with E-state index in [1.807, 2.05) is 0 Å². The average Bonchev–Trinajstić information content (AvgIpc) is 2.41. The number of rotatable bonds is 4. The lowest BCUT2D eigenvalue weighted by Gasteiger charge is -2.11. The third-order valence-corrected chi connectivity index (χ3v) is 3.15. The van der Waals surface area contributed by atoms with Crippen LogP contribution in [0.5, 0.6) is 5.75 Å². The molecule has 0 aliphatic heterocycles. The largest absolute Gasteiger partial charge is 0.497 e. The van der Waals surface area contributed by atoms with Crippen molar-refractivity contribution < 1.29 is 9.13 Å². The van der Waals surface area contributed by atoms with Gasteiger partial charge in [-0.05, 0) is 37.1 Å². The molecule has 2 nitrogen and oxygen atoms in total. The summed E-state index contributed by atoms with van der Waals surface area (Å²) in [6, 6.07) is 10.9. The van der Waals surface area contributed by atoms with Crippen LogP contribution in [0.3, 0.4) is 0 Å². The highest BCUT2D eigenvalue weighted by Crippen LogP contribution is 2.22. The molecule has 0 atom stereocenters. The second kappa shape index (κ2) is 5.74. The first-order chi connectivity index (χ1) is 9.10. The van der Waals surface area contributed by atoms with Crippen LogP contribution in [0.4, 0.5) is 10.1 Å². The zero-order chi connectivity index (χ0) is 13.8. The van der Waals surface area contributed by atoms with Crippen molar-refractivity contribution in [2.24, 2.45) is 0 Å². The molecule has 0 fully saturated rings. The minimum Gasteiger partial charge on any atom is -0.497 e. The third-order valence-electron chi connectivity index (χ3n) is 3.15. The van der Waals surface area contributed by atoms with Crippen molar-refractivity contribution in [1.82, 2.24) is 0 Å². The second-order valence-electron chi connectivity index (χ2n) is 4.63. The van der Waals surface area contributed by atoms with Gasteiger partial charge in [-0.15, -0.1) is 0 Å². The number of ether oxygens (including phenoxy) is 1. The van der Waals surface area contributed by atoms with Gasteiger partial charge in [0.2, 0.25) is 0 Å². The van der Waals surface area contributed by atoms with E-state index in [0.717, 1.165) is 0 Å². The minimum absolute atomic E-state index is 0.272. The van der Waals surface area contributed by atoms with Gasteiger partial charge < -0.3 is 10.1 Å². The van der Waals surface area contributed by atoms with Crippen molar-refractivity contribution in [3.05, 3.63) is 58.9 Å². The van der Waals surface area contributed by atoms with Crippen LogP contribution < -0.4 is 10.1 Å². The fraction of sp³-hybridized carbons (Fsp3) is 0.250. The van der Waals surface area contributed by atoms with E-state index in [1.165, 1.54) is 22.8 Å².